The second-order valence-electron chi connectivity index (χ2n) is 4.15. The van der Waals surface area contributed by atoms with Gasteiger partial charge in [0.2, 0.25) is 11.9 Å². The van der Waals surface area contributed by atoms with Crippen molar-refractivity contribution < 1.29 is 9.47 Å². The zero-order chi connectivity index (χ0) is 15.2. The molecule has 0 aliphatic heterocycles. The first kappa shape index (κ1) is 14.8. The minimum Gasteiger partial charge on any atom is -0.497 e. The Morgan fingerprint density at radius 3 is 2.57 bits per heavy atom. The first-order valence-corrected chi connectivity index (χ1v) is 6.43. The summed E-state index contributed by atoms with van der Waals surface area (Å²) in [4.78, 5) is 12.3. The number of hydrogen-bond acceptors (Lipinski definition) is 8. The smallest absolute Gasteiger partial charge is 0.323 e. The maximum Gasteiger partial charge on any atom is 0.323 e. The number of hydrogen-bond donors (Lipinski definition) is 3. The van der Waals surface area contributed by atoms with Crippen LogP contribution in [0.2, 0.25) is 0 Å². The van der Waals surface area contributed by atoms with Crippen LogP contribution in [0.5, 0.6) is 11.8 Å². The van der Waals surface area contributed by atoms with Crippen LogP contribution >= 0.6 is 0 Å². The molecular formula is C13H18N6O2. The summed E-state index contributed by atoms with van der Waals surface area (Å²) < 4.78 is 10.4. The van der Waals surface area contributed by atoms with Gasteiger partial charge in [-0.1, -0.05) is 0 Å². The van der Waals surface area contributed by atoms with Gasteiger partial charge in [0.15, 0.2) is 0 Å². The zero-order valence-electron chi connectivity index (χ0n) is 12.2. The Labute approximate surface area is 122 Å². The van der Waals surface area contributed by atoms with E-state index in [0.717, 1.165) is 17.0 Å². The molecule has 0 atom stereocenters. The molecule has 1 heterocycles. The maximum atomic E-state index is 5.34. The molecule has 2 aromatic rings. The number of aryl methyl sites for hydroxylation is 1. The molecule has 21 heavy (non-hydrogen) atoms. The average Bonchev–Trinajstić information content (AvgIpc) is 2.49. The van der Waals surface area contributed by atoms with Gasteiger partial charge in [-0.3, -0.25) is 5.43 Å². The van der Waals surface area contributed by atoms with Crippen molar-refractivity contribution in [2.45, 2.75) is 13.8 Å². The summed E-state index contributed by atoms with van der Waals surface area (Å²) in [5, 5.41) is 3.10. The molecule has 0 saturated carbocycles. The van der Waals surface area contributed by atoms with Gasteiger partial charge in [0.1, 0.15) is 5.75 Å². The van der Waals surface area contributed by atoms with E-state index in [4.69, 9.17) is 15.3 Å². The van der Waals surface area contributed by atoms with E-state index in [2.05, 4.69) is 25.7 Å². The molecule has 1 aromatic heterocycles. The van der Waals surface area contributed by atoms with Crippen LogP contribution < -0.4 is 26.1 Å². The van der Waals surface area contributed by atoms with Crippen molar-refractivity contribution >= 4 is 17.6 Å². The quantitative estimate of drug-likeness (QED) is 0.544. The molecule has 0 aliphatic rings. The standard InChI is InChI=1S/C13H18N6O2/c1-4-21-13-17-11(16-12(18-13)19-14)15-10-6-5-9(20-3)7-8(10)2/h5-7H,4,14H2,1-3H3,(H2,15,16,17,18,19). The lowest BCUT2D eigenvalue weighted by molar-refractivity contribution is 0.312. The summed E-state index contributed by atoms with van der Waals surface area (Å²) in [6.07, 6.45) is 0. The van der Waals surface area contributed by atoms with Crippen molar-refractivity contribution in [1.82, 2.24) is 15.0 Å². The van der Waals surface area contributed by atoms with Crippen molar-refractivity contribution in [3.63, 3.8) is 0 Å². The molecule has 0 bridgehead atoms. The van der Waals surface area contributed by atoms with E-state index in [9.17, 15) is 0 Å². The Morgan fingerprint density at radius 1 is 1.19 bits per heavy atom. The lowest BCUT2D eigenvalue weighted by atomic mass is 10.2. The van der Waals surface area contributed by atoms with Gasteiger partial charge < -0.3 is 14.8 Å². The number of benzene rings is 1. The van der Waals surface area contributed by atoms with E-state index in [1.807, 2.05) is 32.0 Å². The van der Waals surface area contributed by atoms with Crippen molar-refractivity contribution in [3.8, 4) is 11.8 Å². The van der Waals surface area contributed by atoms with Gasteiger partial charge >= 0.3 is 6.01 Å². The Bertz CT molecular complexity index is 620. The molecule has 2 rings (SSSR count). The van der Waals surface area contributed by atoms with Gasteiger partial charge in [0, 0.05) is 5.69 Å². The highest BCUT2D eigenvalue weighted by molar-refractivity contribution is 5.60. The van der Waals surface area contributed by atoms with Crippen molar-refractivity contribution in [2.75, 3.05) is 24.5 Å². The number of methoxy groups -OCH3 is 1. The predicted octanol–water partition coefficient (Wildman–Crippen LogP) is 1.62. The highest BCUT2D eigenvalue weighted by atomic mass is 16.5. The SMILES string of the molecule is CCOc1nc(NN)nc(Nc2ccc(OC)cc2C)n1. The summed E-state index contributed by atoms with van der Waals surface area (Å²) in [5.41, 5.74) is 4.23. The number of nitrogen functional groups attached to an aromatic ring is 1. The summed E-state index contributed by atoms with van der Waals surface area (Å²) >= 11 is 0. The third-order valence-corrected chi connectivity index (χ3v) is 2.70. The minimum absolute atomic E-state index is 0.203. The lowest BCUT2D eigenvalue weighted by Gasteiger charge is -2.11. The first-order chi connectivity index (χ1) is 10.2. The van der Waals surface area contributed by atoms with Gasteiger partial charge in [0.25, 0.3) is 0 Å². The largest absolute Gasteiger partial charge is 0.497 e. The fourth-order valence-corrected chi connectivity index (χ4v) is 1.69. The average molecular weight is 290 g/mol. The fraction of sp³-hybridized carbons (Fsp3) is 0.308. The van der Waals surface area contributed by atoms with Crippen LogP contribution in [0.3, 0.4) is 0 Å². The van der Waals surface area contributed by atoms with Crippen molar-refractivity contribution in [2.24, 2.45) is 5.84 Å². The molecule has 0 saturated heterocycles. The summed E-state index contributed by atoms with van der Waals surface area (Å²) in [5.74, 6) is 6.69. The van der Waals surface area contributed by atoms with Crippen LogP contribution in [0.15, 0.2) is 18.2 Å². The number of hydrazine groups is 1. The molecule has 0 fully saturated rings. The van der Waals surface area contributed by atoms with Crippen LogP contribution in [-0.4, -0.2) is 28.7 Å². The Morgan fingerprint density at radius 2 is 1.95 bits per heavy atom. The number of nitrogens with two attached hydrogens (primary N) is 1. The van der Waals surface area contributed by atoms with Crippen LogP contribution in [0.1, 0.15) is 12.5 Å². The number of aromatic nitrogens is 3. The minimum atomic E-state index is 0.203. The first-order valence-electron chi connectivity index (χ1n) is 6.43. The number of nitrogens with zero attached hydrogens (tertiary/aromatic N) is 3. The predicted molar refractivity (Wildman–Crippen MR) is 79.8 cm³/mol. The molecule has 8 nitrogen and oxygen atoms in total. The Balaban J connectivity index is 2.27. The Kier molecular flexibility index (Phi) is 4.72. The normalized spacial score (nSPS) is 10.1. The molecule has 0 radical (unpaired) electrons. The van der Waals surface area contributed by atoms with Gasteiger partial charge in [0.05, 0.1) is 13.7 Å². The molecule has 8 heteroatoms. The summed E-state index contributed by atoms with van der Waals surface area (Å²) in [6, 6.07) is 5.85. The number of rotatable bonds is 6. The van der Waals surface area contributed by atoms with E-state index in [1.165, 1.54) is 0 Å². The molecule has 1 aromatic carbocycles. The molecular weight excluding hydrogens is 272 g/mol. The highest BCUT2D eigenvalue weighted by Crippen LogP contribution is 2.24. The highest BCUT2D eigenvalue weighted by Gasteiger charge is 2.08. The fourth-order valence-electron chi connectivity index (χ4n) is 1.69. The molecule has 112 valence electrons. The van der Waals surface area contributed by atoms with Gasteiger partial charge in [-0.25, -0.2) is 5.84 Å². The summed E-state index contributed by atoms with van der Waals surface area (Å²) in [6.45, 7) is 4.26. The third-order valence-electron chi connectivity index (χ3n) is 2.70. The van der Waals surface area contributed by atoms with E-state index in [1.54, 1.807) is 7.11 Å². The monoisotopic (exact) mass is 290 g/mol. The lowest BCUT2D eigenvalue weighted by Crippen LogP contribution is -2.13. The van der Waals surface area contributed by atoms with Crippen LogP contribution in [0.4, 0.5) is 17.6 Å². The zero-order valence-corrected chi connectivity index (χ0v) is 12.2. The van der Waals surface area contributed by atoms with E-state index in [0.29, 0.717) is 12.6 Å². The molecule has 4 N–H and O–H groups in total. The van der Waals surface area contributed by atoms with Gasteiger partial charge in [-0.05, 0) is 37.6 Å². The molecule has 0 aliphatic carbocycles. The molecule has 0 spiro atoms. The topological polar surface area (TPSA) is 107 Å². The Hall–Kier alpha value is -2.61. The summed E-state index contributed by atoms with van der Waals surface area (Å²) in [7, 11) is 1.63. The second kappa shape index (κ2) is 6.71. The number of nitrogens with one attached hydrogen (secondary N) is 2. The van der Waals surface area contributed by atoms with Gasteiger partial charge in [-0.2, -0.15) is 15.0 Å². The van der Waals surface area contributed by atoms with E-state index >= 15 is 0 Å². The van der Waals surface area contributed by atoms with Crippen molar-refractivity contribution in [1.29, 1.82) is 0 Å². The molecule has 0 unspecified atom stereocenters. The maximum absolute atomic E-state index is 5.34. The third kappa shape index (κ3) is 3.69. The van der Waals surface area contributed by atoms with Crippen LogP contribution in [0.25, 0.3) is 0 Å². The van der Waals surface area contributed by atoms with Crippen molar-refractivity contribution in [3.05, 3.63) is 23.8 Å². The van der Waals surface area contributed by atoms with E-state index in [-0.39, 0.29) is 12.0 Å². The van der Waals surface area contributed by atoms with Crippen LogP contribution in [0, 0.1) is 6.92 Å². The molecule has 0 amide bonds. The number of anilines is 3. The number of ether oxygens (including phenoxy) is 2. The second-order valence-corrected chi connectivity index (χ2v) is 4.15. The van der Waals surface area contributed by atoms with Gasteiger partial charge in [-0.15, -0.1) is 0 Å². The van der Waals surface area contributed by atoms with Crippen LogP contribution in [-0.2, 0) is 0 Å². The van der Waals surface area contributed by atoms with E-state index < -0.39 is 0 Å².